The van der Waals surface area contributed by atoms with Crippen molar-refractivity contribution in [1.82, 2.24) is 9.88 Å². The maximum atomic E-state index is 15.2. The van der Waals surface area contributed by atoms with Crippen molar-refractivity contribution in [2.45, 2.75) is 58.8 Å². The molecule has 0 atom stereocenters. The number of pyridine rings is 1. The number of fused-ring (bicyclic) bond motifs is 2. The van der Waals surface area contributed by atoms with Crippen LogP contribution in [0.3, 0.4) is 0 Å². The summed E-state index contributed by atoms with van der Waals surface area (Å²) in [5, 5.41) is 15.7. The zero-order chi connectivity index (χ0) is 28.5. The maximum absolute atomic E-state index is 15.2. The molecule has 2 aromatic carbocycles. The lowest BCUT2D eigenvalue weighted by Gasteiger charge is -2.37. The molecule has 3 aromatic rings. The van der Waals surface area contributed by atoms with Gasteiger partial charge in [-0.15, -0.1) is 0 Å². The van der Waals surface area contributed by atoms with Gasteiger partial charge in [0.2, 0.25) is 8.32 Å². The maximum Gasteiger partial charge on any atom is 0.250 e. The average Bonchev–Trinajstić information content (AvgIpc) is 2.97. The predicted molar refractivity (Wildman–Crippen MR) is 158 cm³/mol. The van der Waals surface area contributed by atoms with Crippen LogP contribution in [0.5, 0.6) is 5.75 Å². The number of halogens is 1. The lowest BCUT2D eigenvalue weighted by Crippen LogP contribution is -2.44. The number of nitrogens with one attached hydrogen (secondary N) is 2. The van der Waals surface area contributed by atoms with E-state index in [4.69, 9.17) is 4.43 Å². The van der Waals surface area contributed by atoms with Gasteiger partial charge in [0.05, 0.1) is 23.5 Å². The van der Waals surface area contributed by atoms with Crippen molar-refractivity contribution >= 4 is 37.0 Å². The molecule has 2 heterocycles. The van der Waals surface area contributed by atoms with Gasteiger partial charge in [-0.25, -0.2) is 9.37 Å². The monoisotopic (exact) mass is 550 g/mol. The minimum absolute atomic E-state index is 0.00888. The molecule has 0 saturated carbocycles. The van der Waals surface area contributed by atoms with E-state index in [1.807, 2.05) is 37.1 Å². The molecular formula is C30H39FN4O3Si. The van der Waals surface area contributed by atoms with E-state index < -0.39 is 14.1 Å². The highest BCUT2D eigenvalue weighted by Crippen LogP contribution is 2.40. The number of carbonyl (C=O) groups excluding carboxylic acids is 1. The number of Topliss-reactive ketones (excluding diaryl/α,β-unsaturated/α-hetero) is 1. The van der Waals surface area contributed by atoms with Crippen molar-refractivity contribution in [3.63, 3.8) is 0 Å². The fraction of sp³-hybridized carbons (Fsp3) is 0.400. The van der Waals surface area contributed by atoms with Gasteiger partial charge in [0, 0.05) is 37.5 Å². The zero-order valence-electron chi connectivity index (χ0n) is 23.9. The second-order valence-electron chi connectivity index (χ2n) is 11.8. The lowest BCUT2D eigenvalue weighted by molar-refractivity contribution is 0.0995. The first-order valence-corrected chi connectivity index (χ1v) is 16.2. The van der Waals surface area contributed by atoms with Crippen LogP contribution in [0.4, 0.5) is 27.3 Å². The standard InChI is InChI=1S/C30H39FN4O3Si/c1-19-14-22(31)25(17-27(19)38-39(6,7)30(2,3)4)33-24-10-11-32-29-28(24)26(37)16-21-15-20(8-9-23(21)34-29)18-35(5)12-13-36/h8-11,14-15,17,36H,12-13,16,18H2,1-7H3,(H2,32,33,34). The number of aromatic nitrogens is 1. The summed E-state index contributed by atoms with van der Waals surface area (Å²) in [5.74, 6) is 0.535. The van der Waals surface area contributed by atoms with Crippen molar-refractivity contribution in [2.75, 3.05) is 30.8 Å². The molecule has 39 heavy (non-hydrogen) atoms. The molecule has 0 bridgehead atoms. The third kappa shape index (κ3) is 6.32. The number of aliphatic hydroxyl groups excluding tert-OH is 1. The highest BCUT2D eigenvalue weighted by atomic mass is 28.4. The number of aryl methyl sites for hydroxylation is 1. The summed E-state index contributed by atoms with van der Waals surface area (Å²) in [5.41, 5.74) is 4.56. The number of aliphatic hydroxyl groups is 1. The van der Waals surface area contributed by atoms with Gasteiger partial charge in [0.1, 0.15) is 17.4 Å². The number of likely N-dealkylation sites (N-methyl/N-ethyl adjacent to an activating group) is 1. The molecule has 4 rings (SSSR count). The van der Waals surface area contributed by atoms with Crippen LogP contribution in [-0.4, -0.2) is 49.3 Å². The summed E-state index contributed by atoms with van der Waals surface area (Å²) in [6.45, 7) is 14.0. The van der Waals surface area contributed by atoms with E-state index in [-0.39, 0.29) is 29.5 Å². The number of rotatable bonds is 8. The van der Waals surface area contributed by atoms with Gasteiger partial charge >= 0.3 is 0 Å². The van der Waals surface area contributed by atoms with Crippen molar-refractivity contribution in [1.29, 1.82) is 0 Å². The molecule has 0 fully saturated rings. The summed E-state index contributed by atoms with van der Waals surface area (Å²) in [6, 6.07) is 10.8. The Kier molecular flexibility index (Phi) is 8.16. The molecule has 0 spiro atoms. The van der Waals surface area contributed by atoms with Crippen LogP contribution >= 0.6 is 0 Å². The Hall–Kier alpha value is -3.27. The van der Waals surface area contributed by atoms with Crippen molar-refractivity contribution in [3.8, 4) is 5.75 Å². The first-order chi connectivity index (χ1) is 18.3. The molecular weight excluding hydrogens is 511 g/mol. The van der Waals surface area contributed by atoms with E-state index in [9.17, 15) is 9.90 Å². The third-order valence-electron chi connectivity index (χ3n) is 7.64. The molecule has 7 nitrogen and oxygen atoms in total. The van der Waals surface area contributed by atoms with Gasteiger partial charge < -0.3 is 20.2 Å². The summed E-state index contributed by atoms with van der Waals surface area (Å²) in [7, 11) is -0.206. The van der Waals surface area contributed by atoms with Crippen LogP contribution in [0.2, 0.25) is 18.1 Å². The second kappa shape index (κ2) is 11.1. The largest absolute Gasteiger partial charge is 0.543 e. The Bertz CT molecular complexity index is 1390. The van der Waals surface area contributed by atoms with E-state index in [0.29, 0.717) is 35.9 Å². The molecule has 3 N–H and O–H groups in total. The number of nitrogens with zero attached hydrogens (tertiary/aromatic N) is 2. The van der Waals surface area contributed by atoms with Crippen LogP contribution in [0.25, 0.3) is 0 Å². The minimum atomic E-state index is -2.15. The summed E-state index contributed by atoms with van der Waals surface area (Å²) in [4.78, 5) is 20.0. The number of anilines is 4. The fourth-order valence-electron chi connectivity index (χ4n) is 4.34. The molecule has 0 amide bonds. The Morgan fingerprint density at radius 1 is 1.18 bits per heavy atom. The normalized spacial score (nSPS) is 13.4. The highest BCUT2D eigenvalue weighted by molar-refractivity contribution is 6.74. The smallest absolute Gasteiger partial charge is 0.250 e. The predicted octanol–water partition coefficient (Wildman–Crippen LogP) is 6.56. The van der Waals surface area contributed by atoms with Gasteiger partial charge in [0.25, 0.3) is 0 Å². The molecule has 0 radical (unpaired) electrons. The number of hydrogen-bond donors (Lipinski definition) is 3. The summed E-state index contributed by atoms with van der Waals surface area (Å²) >= 11 is 0. The molecule has 0 saturated heterocycles. The van der Waals surface area contributed by atoms with E-state index >= 15 is 4.39 Å². The Labute approximate surface area is 231 Å². The van der Waals surface area contributed by atoms with Crippen LogP contribution in [0.15, 0.2) is 42.6 Å². The lowest BCUT2D eigenvalue weighted by atomic mass is 10.0. The molecule has 208 valence electrons. The first kappa shape index (κ1) is 28.7. The van der Waals surface area contributed by atoms with Crippen molar-refractivity contribution in [3.05, 3.63) is 70.7 Å². The third-order valence-corrected chi connectivity index (χ3v) is 12.0. The topological polar surface area (TPSA) is 86.7 Å². The highest BCUT2D eigenvalue weighted by Gasteiger charge is 2.39. The SMILES string of the molecule is Cc1cc(F)c(Nc2ccnc3c2C(=O)Cc2cc(CN(C)CCO)ccc2N3)cc1O[Si](C)(C)C(C)(C)C. The van der Waals surface area contributed by atoms with Crippen molar-refractivity contribution < 1.29 is 18.7 Å². The Balaban J connectivity index is 1.64. The van der Waals surface area contributed by atoms with E-state index in [0.717, 1.165) is 22.4 Å². The Morgan fingerprint density at radius 2 is 1.92 bits per heavy atom. The van der Waals surface area contributed by atoms with Gasteiger partial charge in [0.15, 0.2) is 5.78 Å². The Morgan fingerprint density at radius 3 is 2.62 bits per heavy atom. The van der Waals surface area contributed by atoms with Gasteiger partial charge in [-0.05, 0) is 67.0 Å². The molecule has 0 aliphatic carbocycles. The molecule has 9 heteroatoms. The first-order valence-electron chi connectivity index (χ1n) is 13.3. The van der Waals surface area contributed by atoms with E-state index in [2.05, 4.69) is 49.5 Å². The van der Waals surface area contributed by atoms with Crippen LogP contribution in [0, 0.1) is 12.7 Å². The summed E-state index contributed by atoms with van der Waals surface area (Å²) in [6.07, 6.45) is 1.78. The van der Waals surface area contributed by atoms with Gasteiger partial charge in [-0.1, -0.05) is 32.9 Å². The quantitative estimate of drug-likeness (QED) is 0.274. The molecule has 1 aliphatic heterocycles. The summed E-state index contributed by atoms with van der Waals surface area (Å²) < 4.78 is 21.7. The van der Waals surface area contributed by atoms with Crippen LogP contribution in [-0.2, 0) is 13.0 Å². The second-order valence-corrected chi connectivity index (χ2v) is 16.6. The van der Waals surface area contributed by atoms with Crippen LogP contribution in [0.1, 0.15) is 47.8 Å². The van der Waals surface area contributed by atoms with Crippen LogP contribution < -0.4 is 15.1 Å². The van der Waals surface area contributed by atoms with Gasteiger partial charge in [-0.2, -0.15) is 0 Å². The number of hydrogen-bond acceptors (Lipinski definition) is 7. The number of benzene rings is 2. The molecule has 1 aliphatic rings. The molecule has 1 aromatic heterocycles. The van der Waals surface area contributed by atoms with E-state index in [1.165, 1.54) is 6.07 Å². The average molecular weight is 551 g/mol. The zero-order valence-corrected chi connectivity index (χ0v) is 24.9. The van der Waals surface area contributed by atoms with Crippen molar-refractivity contribution in [2.24, 2.45) is 0 Å². The number of ketones is 1. The number of carbonyl (C=O) groups is 1. The fourth-order valence-corrected chi connectivity index (χ4v) is 5.41. The van der Waals surface area contributed by atoms with Gasteiger partial charge in [-0.3, -0.25) is 9.69 Å². The molecule has 0 unspecified atom stereocenters. The van der Waals surface area contributed by atoms with E-state index in [1.54, 1.807) is 18.3 Å². The minimum Gasteiger partial charge on any atom is -0.543 e.